The zero-order valence-corrected chi connectivity index (χ0v) is 18.3. The Morgan fingerprint density at radius 2 is 2.00 bits per heavy atom. The maximum absolute atomic E-state index is 12.8. The molecule has 166 valence electrons. The van der Waals surface area contributed by atoms with E-state index >= 15 is 0 Å². The largest absolute Gasteiger partial charge is 0.337 e. The summed E-state index contributed by atoms with van der Waals surface area (Å²) in [4.78, 5) is 37.4. The Morgan fingerprint density at radius 1 is 1.19 bits per heavy atom. The number of aryl methyl sites for hydroxylation is 1. The molecule has 5 rings (SSSR count). The van der Waals surface area contributed by atoms with Crippen molar-refractivity contribution in [3.63, 3.8) is 0 Å². The van der Waals surface area contributed by atoms with E-state index in [4.69, 9.17) is 4.98 Å². The second-order valence-corrected chi connectivity index (χ2v) is 9.32. The average Bonchev–Trinajstić information content (AvgIpc) is 3.54. The van der Waals surface area contributed by atoms with Crippen LogP contribution < -0.4 is 5.56 Å². The third kappa shape index (κ3) is 4.44. The molecule has 4 heterocycles. The van der Waals surface area contributed by atoms with Crippen LogP contribution in [0.4, 0.5) is 0 Å². The normalized spacial score (nSPS) is 20.1. The molecule has 2 aliphatic heterocycles. The van der Waals surface area contributed by atoms with Crippen molar-refractivity contribution in [3.8, 4) is 0 Å². The van der Waals surface area contributed by atoms with Crippen molar-refractivity contribution in [2.45, 2.75) is 71.0 Å². The topological polar surface area (TPSA) is 87.1 Å². The monoisotopic (exact) mass is 424 g/mol. The number of piperidine rings is 1. The Kier molecular flexibility index (Phi) is 5.65. The van der Waals surface area contributed by atoms with Gasteiger partial charge in [0.1, 0.15) is 5.82 Å². The molecule has 0 unspecified atom stereocenters. The van der Waals surface area contributed by atoms with E-state index in [1.54, 1.807) is 0 Å². The number of hydrogen-bond acceptors (Lipinski definition) is 5. The minimum absolute atomic E-state index is 0.0564. The highest BCUT2D eigenvalue weighted by Crippen LogP contribution is 2.32. The van der Waals surface area contributed by atoms with Gasteiger partial charge in [-0.2, -0.15) is 5.10 Å². The Hall–Kier alpha value is -2.48. The first-order valence-electron chi connectivity index (χ1n) is 11.7. The number of nitrogens with zero attached hydrogens (tertiary/aromatic N) is 5. The summed E-state index contributed by atoms with van der Waals surface area (Å²) in [5.41, 5.74) is 2.78. The second kappa shape index (κ2) is 8.57. The summed E-state index contributed by atoms with van der Waals surface area (Å²) in [5.74, 6) is 1.53. The summed E-state index contributed by atoms with van der Waals surface area (Å²) < 4.78 is 2.02. The van der Waals surface area contributed by atoms with Crippen molar-refractivity contribution in [1.29, 1.82) is 0 Å². The van der Waals surface area contributed by atoms with Gasteiger partial charge in [-0.1, -0.05) is 6.92 Å². The molecule has 1 saturated carbocycles. The van der Waals surface area contributed by atoms with Gasteiger partial charge in [0.2, 0.25) is 5.91 Å². The summed E-state index contributed by atoms with van der Waals surface area (Å²) in [6.07, 6.45) is 9.88. The molecule has 1 amide bonds. The lowest BCUT2D eigenvalue weighted by Gasteiger charge is -2.32. The number of carbonyl (C=O) groups is 1. The van der Waals surface area contributed by atoms with Gasteiger partial charge < -0.3 is 9.88 Å². The third-order valence-corrected chi connectivity index (χ3v) is 6.85. The Balaban J connectivity index is 1.20. The van der Waals surface area contributed by atoms with Crippen molar-refractivity contribution in [1.82, 2.24) is 29.5 Å². The van der Waals surface area contributed by atoms with Gasteiger partial charge in [0.15, 0.2) is 0 Å². The molecule has 1 N–H and O–H groups in total. The summed E-state index contributed by atoms with van der Waals surface area (Å²) >= 11 is 0. The van der Waals surface area contributed by atoms with E-state index in [-0.39, 0.29) is 17.4 Å². The molecule has 0 aromatic carbocycles. The summed E-state index contributed by atoms with van der Waals surface area (Å²) in [7, 11) is 0. The molecule has 2 aromatic heterocycles. The van der Waals surface area contributed by atoms with Gasteiger partial charge in [0.05, 0.1) is 24.0 Å². The van der Waals surface area contributed by atoms with Gasteiger partial charge in [-0.3, -0.25) is 19.2 Å². The molecule has 8 heteroatoms. The van der Waals surface area contributed by atoms with Crippen LogP contribution >= 0.6 is 0 Å². The van der Waals surface area contributed by atoms with Crippen LogP contribution in [0.1, 0.15) is 67.6 Å². The quantitative estimate of drug-likeness (QED) is 0.767. The molecule has 1 aliphatic carbocycles. The van der Waals surface area contributed by atoms with Crippen molar-refractivity contribution in [2.24, 2.45) is 5.92 Å². The first kappa shape index (κ1) is 20.4. The van der Waals surface area contributed by atoms with E-state index in [0.717, 1.165) is 69.8 Å². The molecule has 1 saturated heterocycles. The zero-order valence-electron chi connectivity index (χ0n) is 18.3. The molecule has 0 spiro atoms. The van der Waals surface area contributed by atoms with Gasteiger partial charge >= 0.3 is 0 Å². The average molecular weight is 425 g/mol. The second-order valence-electron chi connectivity index (χ2n) is 9.32. The van der Waals surface area contributed by atoms with Crippen LogP contribution in [-0.4, -0.2) is 55.1 Å². The van der Waals surface area contributed by atoms with Crippen molar-refractivity contribution < 1.29 is 4.79 Å². The molecule has 2 fully saturated rings. The highest BCUT2D eigenvalue weighted by atomic mass is 16.2. The number of fused-ring (bicyclic) bond motifs is 1. The number of amides is 1. The van der Waals surface area contributed by atoms with E-state index in [1.165, 1.54) is 5.56 Å². The lowest BCUT2D eigenvalue weighted by molar-refractivity contribution is -0.133. The summed E-state index contributed by atoms with van der Waals surface area (Å²) in [5, 5.41) is 4.43. The maximum atomic E-state index is 12.8. The van der Waals surface area contributed by atoms with Crippen molar-refractivity contribution in [3.05, 3.63) is 45.4 Å². The number of carbonyl (C=O) groups excluding carboxylic acids is 1. The minimum atomic E-state index is -0.0564. The predicted octanol–water partition coefficient (Wildman–Crippen LogP) is 2.05. The lowest BCUT2D eigenvalue weighted by atomic mass is 9.95. The van der Waals surface area contributed by atoms with Crippen LogP contribution in [0.2, 0.25) is 0 Å². The number of likely N-dealkylation sites (tertiary alicyclic amines) is 1. The van der Waals surface area contributed by atoms with E-state index < -0.39 is 0 Å². The molecule has 0 atom stereocenters. The first-order valence-corrected chi connectivity index (χ1v) is 11.7. The fourth-order valence-electron chi connectivity index (χ4n) is 4.88. The van der Waals surface area contributed by atoms with Gasteiger partial charge in [-0.25, -0.2) is 4.98 Å². The predicted molar refractivity (Wildman–Crippen MR) is 116 cm³/mol. The number of rotatable bonds is 6. The van der Waals surface area contributed by atoms with E-state index in [1.807, 2.05) is 15.8 Å². The minimum Gasteiger partial charge on any atom is -0.337 e. The van der Waals surface area contributed by atoms with E-state index in [2.05, 4.69) is 28.1 Å². The SMILES string of the molecule is CCCn1cc(CN2CCC(c3nc4c(c(=O)[nH]3)CN(C(=O)C3CC3)CC4)CC2)cn1. The number of aromatic amines is 1. The maximum Gasteiger partial charge on any atom is 0.256 e. The molecule has 0 bridgehead atoms. The van der Waals surface area contributed by atoms with Gasteiger partial charge in [0.25, 0.3) is 5.56 Å². The van der Waals surface area contributed by atoms with Crippen LogP contribution in [0.15, 0.2) is 17.2 Å². The number of aromatic nitrogens is 4. The van der Waals surface area contributed by atoms with Crippen LogP contribution in [0.5, 0.6) is 0 Å². The fraction of sp³-hybridized carbons (Fsp3) is 0.652. The molecular weight excluding hydrogens is 392 g/mol. The summed E-state index contributed by atoms with van der Waals surface area (Å²) in [6.45, 7) is 7.14. The molecular formula is C23H32N6O2. The first-order chi connectivity index (χ1) is 15.1. The Bertz CT molecular complexity index is 1000. The van der Waals surface area contributed by atoms with Gasteiger partial charge in [-0.05, 0) is 45.2 Å². The fourth-order valence-corrected chi connectivity index (χ4v) is 4.88. The Morgan fingerprint density at radius 3 is 2.74 bits per heavy atom. The highest BCUT2D eigenvalue weighted by molar-refractivity contribution is 5.81. The van der Waals surface area contributed by atoms with Crippen molar-refractivity contribution in [2.75, 3.05) is 19.6 Å². The Labute approximate surface area is 182 Å². The summed E-state index contributed by atoms with van der Waals surface area (Å²) in [6, 6.07) is 0. The lowest BCUT2D eigenvalue weighted by Crippen LogP contribution is -2.41. The molecule has 0 radical (unpaired) electrons. The highest BCUT2D eigenvalue weighted by Gasteiger charge is 2.35. The smallest absolute Gasteiger partial charge is 0.256 e. The standard InChI is InChI=1S/C23H32N6O2/c1-2-8-29-14-16(12-24-29)13-27-9-5-17(6-10-27)21-25-20-7-11-28(23(31)18-3-4-18)15-19(20)22(30)26-21/h12,14,17-18H,2-11,13,15H2,1H3,(H,25,26,30). The van der Waals surface area contributed by atoms with Crippen LogP contribution in [0, 0.1) is 5.92 Å². The molecule has 3 aliphatic rings. The molecule has 2 aromatic rings. The van der Waals surface area contributed by atoms with E-state index in [9.17, 15) is 9.59 Å². The van der Waals surface area contributed by atoms with Crippen LogP contribution in [0.3, 0.4) is 0 Å². The van der Waals surface area contributed by atoms with Crippen molar-refractivity contribution >= 4 is 5.91 Å². The van der Waals surface area contributed by atoms with Crippen LogP contribution in [0.25, 0.3) is 0 Å². The van der Waals surface area contributed by atoms with Gasteiger partial charge in [-0.15, -0.1) is 0 Å². The third-order valence-electron chi connectivity index (χ3n) is 6.85. The number of H-pyrrole nitrogens is 1. The molecule has 31 heavy (non-hydrogen) atoms. The zero-order chi connectivity index (χ0) is 21.4. The number of hydrogen-bond donors (Lipinski definition) is 1. The van der Waals surface area contributed by atoms with Crippen LogP contribution in [-0.2, 0) is 30.8 Å². The number of nitrogens with one attached hydrogen (secondary N) is 1. The molecule has 8 nitrogen and oxygen atoms in total. The van der Waals surface area contributed by atoms with E-state index in [0.29, 0.717) is 31.0 Å². The van der Waals surface area contributed by atoms with Gasteiger partial charge in [0, 0.05) is 49.7 Å².